The van der Waals surface area contributed by atoms with Crippen LogP contribution in [0.25, 0.3) is 0 Å². The fraction of sp³-hybridized carbons (Fsp3) is 0.833. The molecule has 0 aromatic heterocycles. The van der Waals surface area contributed by atoms with Crippen molar-refractivity contribution in [3.63, 3.8) is 0 Å². The lowest BCUT2D eigenvalue weighted by Crippen LogP contribution is -2.11. The molecule has 0 rings (SSSR count). The number of alkyl halides is 1. The summed E-state index contributed by atoms with van der Waals surface area (Å²) in [5.74, 6) is -1.22. The molecule has 0 bridgehead atoms. The number of carbonyl (C=O) groups excluding carboxylic acids is 1. The average Bonchev–Trinajstić information content (AvgIpc) is 2.26. The third kappa shape index (κ3) is 9.97. The summed E-state index contributed by atoms with van der Waals surface area (Å²) in [6.45, 7) is 0. The summed E-state index contributed by atoms with van der Waals surface area (Å²) in [5.41, 5.74) is 0. The van der Waals surface area contributed by atoms with Gasteiger partial charge >= 0.3 is 5.97 Å². The van der Waals surface area contributed by atoms with Crippen LogP contribution in [0.15, 0.2) is 0 Å². The zero-order valence-electron chi connectivity index (χ0n) is 9.71. The number of unbranched alkanes of at least 4 members (excludes halogenated alkanes) is 7. The lowest BCUT2D eigenvalue weighted by atomic mass is 10.1. The number of carboxylic acids is 1. The summed E-state index contributed by atoms with van der Waals surface area (Å²) < 4.78 is 0. The maximum Gasteiger partial charge on any atom is 0.372 e. The van der Waals surface area contributed by atoms with E-state index in [2.05, 4.69) is 0 Å². The Bertz CT molecular complexity index is 204. The molecular weight excluding hydrogens is 228 g/mol. The molecule has 0 saturated heterocycles. The fourth-order valence-corrected chi connectivity index (χ4v) is 1.74. The van der Waals surface area contributed by atoms with E-state index in [0.717, 1.165) is 25.1 Å². The predicted octanol–water partition coefficient (Wildman–Crippen LogP) is 3.39. The maximum absolute atomic E-state index is 10.7. The lowest BCUT2D eigenvalue weighted by molar-refractivity contribution is -0.149. The van der Waals surface area contributed by atoms with Crippen LogP contribution >= 0.6 is 11.6 Å². The SMILES string of the molecule is O=C(O)C(=O)CCCCCCCCCCCl. The smallest absolute Gasteiger partial charge is 0.372 e. The van der Waals surface area contributed by atoms with Gasteiger partial charge in [-0.3, -0.25) is 4.79 Å². The van der Waals surface area contributed by atoms with Crippen LogP contribution in [0.2, 0.25) is 0 Å². The van der Waals surface area contributed by atoms with Crippen LogP contribution in [0.4, 0.5) is 0 Å². The van der Waals surface area contributed by atoms with Gasteiger partial charge in [-0.25, -0.2) is 4.79 Å². The van der Waals surface area contributed by atoms with Gasteiger partial charge in [-0.1, -0.05) is 38.5 Å². The number of carbonyl (C=O) groups is 2. The summed E-state index contributed by atoms with van der Waals surface area (Å²) in [5, 5.41) is 8.34. The standard InChI is InChI=1S/C12H21ClO3/c13-10-8-6-4-2-1-3-5-7-9-11(14)12(15)16/h1-10H2,(H,15,16). The molecule has 0 amide bonds. The highest BCUT2D eigenvalue weighted by molar-refractivity contribution is 6.32. The lowest BCUT2D eigenvalue weighted by Gasteiger charge is -2.00. The van der Waals surface area contributed by atoms with E-state index in [0.29, 0.717) is 6.42 Å². The second-order valence-corrected chi connectivity index (χ2v) is 4.37. The quantitative estimate of drug-likeness (QED) is 0.346. The van der Waals surface area contributed by atoms with Crippen LogP contribution in [0.1, 0.15) is 57.8 Å². The number of Topliss-reactive ketones (excluding diaryl/α,β-unsaturated/α-hetero) is 1. The molecule has 0 unspecified atom stereocenters. The molecule has 0 aliphatic carbocycles. The molecule has 3 nitrogen and oxygen atoms in total. The number of hydrogen-bond donors (Lipinski definition) is 1. The van der Waals surface area contributed by atoms with Crippen molar-refractivity contribution >= 4 is 23.4 Å². The monoisotopic (exact) mass is 248 g/mol. The van der Waals surface area contributed by atoms with E-state index < -0.39 is 11.8 Å². The van der Waals surface area contributed by atoms with Gasteiger partial charge in [0.05, 0.1) is 0 Å². The van der Waals surface area contributed by atoms with Gasteiger partial charge in [0.25, 0.3) is 0 Å². The molecule has 16 heavy (non-hydrogen) atoms. The van der Waals surface area contributed by atoms with Crippen LogP contribution in [0.5, 0.6) is 0 Å². The molecule has 0 heterocycles. The number of aliphatic carboxylic acids is 1. The Morgan fingerprint density at radius 2 is 1.25 bits per heavy atom. The molecule has 0 aliphatic heterocycles. The van der Waals surface area contributed by atoms with Crippen molar-refractivity contribution in [2.45, 2.75) is 57.8 Å². The van der Waals surface area contributed by atoms with Crippen LogP contribution in [-0.2, 0) is 9.59 Å². The molecule has 0 radical (unpaired) electrons. The van der Waals surface area contributed by atoms with Crippen LogP contribution in [0.3, 0.4) is 0 Å². The Kier molecular flexibility index (Phi) is 10.5. The third-order valence-electron chi connectivity index (χ3n) is 2.53. The van der Waals surface area contributed by atoms with Gasteiger partial charge < -0.3 is 5.11 Å². The van der Waals surface area contributed by atoms with Crippen molar-refractivity contribution in [3.8, 4) is 0 Å². The average molecular weight is 249 g/mol. The van der Waals surface area contributed by atoms with Gasteiger partial charge in [-0.2, -0.15) is 0 Å². The predicted molar refractivity (Wildman–Crippen MR) is 64.9 cm³/mol. The van der Waals surface area contributed by atoms with E-state index in [9.17, 15) is 9.59 Å². The molecule has 0 aromatic rings. The molecule has 0 fully saturated rings. The summed E-state index contributed by atoms with van der Waals surface area (Å²) in [7, 11) is 0. The van der Waals surface area contributed by atoms with Crippen molar-refractivity contribution in [1.82, 2.24) is 0 Å². The minimum absolute atomic E-state index is 0.182. The summed E-state index contributed by atoms with van der Waals surface area (Å²) in [4.78, 5) is 20.9. The first-order valence-electron chi connectivity index (χ1n) is 6.00. The first kappa shape index (κ1) is 15.4. The molecule has 4 heteroatoms. The van der Waals surface area contributed by atoms with Crippen molar-refractivity contribution in [2.24, 2.45) is 0 Å². The van der Waals surface area contributed by atoms with Gasteiger partial charge in [0.1, 0.15) is 0 Å². The van der Waals surface area contributed by atoms with E-state index in [1.165, 1.54) is 25.7 Å². The number of halogens is 1. The van der Waals surface area contributed by atoms with Crippen molar-refractivity contribution in [2.75, 3.05) is 5.88 Å². The number of hydrogen-bond acceptors (Lipinski definition) is 2. The van der Waals surface area contributed by atoms with Crippen LogP contribution in [0, 0.1) is 0 Å². The molecule has 0 atom stereocenters. The Morgan fingerprint density at radius 3 is 1.69 bits per heavy atom. The highest BCUT2D eigenvalue weighted by atomic mass is 35.5. The van der Waals surface area contributed by atoms with Crippen LogP contribution < -0.4 is 0 Å². The van der Waals surface area contributed by atoms with Gasteiger partial charge in [-0.15, -0.1) is 11.6 Å². The Hall–Kier alpha value is -0.570. The highest BCUT2D eigenvalue weighted by Gasteiger charge is 2.09. The molecule has 0 aliphatic rings. The summed E-state index contributed by atoms with van der Waals surface area (Å²) in [6, 6.07) is 0. The molecule has 1 N–H and O–H groups in total. The van der Waals surface area contributed by atoms with Gasteiger partial charge in [0, 0.05) is 12.3 Å². The van der Waals surface area contributed by atoms with E-state index >= 15 is 0 Å². The van der Waals surface area contributed by atoms with Gasteiger partial charge in [0.15, 0.2) is 0 Å². The van der Waals surface area contributed by atoms with Gasteiger partial charge in [0.2, 0.25) is 5.78 Å². The minimum atomic E-state index is -1.30. The zero-order chi connectivity index (χ0) is 12.2. The van der Waals surface area contributed by atoms with Crippen molar-refractivity contribution < 1.29 is 14.7 Å². The van der Waals surface area contributed by atoms with E-state index in [-0.39, 0.29) is 6.42 Å². The topological polar surface area (TPSA) is 54.4 Å². The number of rotatable bonds is 11. The fourth-order valence-electron chi connectivity index (χ4n) is 1.55. The van der Waals surface area contributed by atoms with E-state index in [4.69, 9.17) is 16.7 Å². The first-order valence-corrected chi connectivity index (χ1v) is 6.54. The summed E-state index contributed by atoms with van der Waals surface area (Å²) >= 11 is 5.56. The molecular formula is C12H21ClO3. The third-order valence-corrected chi connectivity index (χ3v) is 2.79. The second-order valence-electron chi connectivity index (χ2n) is 4.00. The Balaban J connectivity index is 3.10. The van der Waals surface area contributed by atoms with E-state index in [1.54, 1.807) is 0 Å². The minimum Gasteiger partial charge on any atom is -0.476 e. The zero-order valence-corrected chi connectivity index (χ0v) is 10.5. The molecule has 0 spiro atoms. The second kappa shape index (κ2) is 10.9. The first-order chi connectivity index (χ1) is 7.68. The Morgan fingerprint density at radius 1 is 0.812 bits per heavy atom. The Labute approximate surface area is 102 Å². The van der Waals surface area contributed by atoms with E-state index in [1.807, 2.05) is 0 Å². The van der Waals surface area contributed by atoms with Crippen molar-refractivity contribution in [1.29, 1.82) is 0 Å². The number of carboxylic acid groups (broad SMARTS) is 1. The highest BCUT2D eigenvalue weighted by Crippen LogP contribution is 2.10. The van der Waals surface area contributed by atoms with Crippen molar-refractivity contribution in [3.05, 3.63) is 0 Å². The summed E-state index contributed by atoms with van der Waals surface area (Å²) in [6.07, 6.45) is 8.82. The molecule has 0 saturated carbocycles. The van der Waals surface area contributed by atoms with Crippen LogP contribution in [-0.4, -0.2) is 22.7 Å². The maximum atomic E-state index is 10.7. The normalized spacial score (nSPS) is 10.3. The largest absolute Gasteiger partial charge is 0.476 e. The number of ketones is 1. The van der Waals surface area contributed by atoms with Gasteiger partial charge in [-0.05, 0) is 12.8 Å². The molecule has 94 valence electrons. The molecule has 0 aromatic carbocycles.